The number of ketones is 2. The first-order valence-electron chi connectivity index (χ1n) is 49.9. The van der Waals surface area contributed by atoms with Crippen LogP contribution in [0, 0.1) is 52.3 Å². The molecule has 6 N–H and O–H groups in total. The Morgan fingerprint density at radius 1 is 0.250 bits per heavy atom. The minimum absolute atomic E-state index is 0.000197. The van der Waals surface area contributed by atoms with Gasteiger partial charge >= 0.3 is 0 Å². The number of primary amides is 1. The van der Waals surface area contributed by atoms with Gasteiger partial charge in [-0.25, -0.2) is 0 Å². The third-order valence-electron chi connectivity index (χ3n) is 21.2. The summed E-state index contributed by atoms with van der Waals surface area (Å²) in [6, 6.07) is -6.39. The summed E-state index contributed by atoms with van der Waals surface area (Å²) < 4.78 is -0.246. The molecule has 790 valence electrons. The van der Waals surface area contributed by atoms with E-state index < -0.39 is 107 Å². The van der Waals surface area contributed by atoms with Crippen LogP contribution in [0.5, 0.6) is 0 Å². The number of rotatable bonds is 63. The van der Waals surface area contributed by atoms with E-state index in [1.54, 1.807) is 120 Å². The van der Waals surface area contributed by atoms with Crippen molar-refractivity contribution in [2.75, 3.05) is 81.9 Å². The second kappa shape index (κ2) is 61.8. The molecule has 7 unspecified atom stereocenters. The van der Waals surface area contributed by atoms with Crippen molar-refractivity contribution in [3.8, 4) is 0 Å². The fraction of sp³-hybridized carbons (Fsp3) is 0.863. The molecule has 0 radical (unpaired) electrons. The van der Waals surface area contributed by atoms with Gasteiger partial charge in [0.1, 0.15) is 30.2 Å². The summed E-state index contributed by atoms with van der Waals surface area (Å²) in [5.41, 5.74) is 4.36. The van der Waals surface area contributed by atoms with Crippen LogP contribution >= 0.6 is 86.4 Å². The normalized spacial score (nSPS) is 14.2. The van der Waals surface area contributed by atoms with Crippen molar-refractivity contribution in [1.29, 1.82) is 0 Å². The molecule has 0 aromatic heterocycles. The number of Topliss-reactive ketones (excluding diaryl/α,β-unsaturated/α-hetero) is 2. The molecule has 136 heavy (non-hydrogen) atoms. The fourth-order valence-electron chi connectivity index (χ4n) is 16.1. The number of nitrogens with zero attached hydrogens (tertiary/aromatic N) is 7. The highest BCUT2D eigenvalue weighted by molar-refractivity contribution is 8.78. The second-order valence-electron chi connectivity index (χ2n) is 47.2. The number of nitrogens with one attached hydrogen (secondary N) is 4. The Hall–Kier alpha value is -4.22. The zero-order valence-electron chi connectivity index (χ0n) is 91.6. The Labute approximate surface area is 856 Å². The van der Waals surface area contributed by atoms with E-state index in [0.29, 0.717) is 42.6 Å². The zero-order chi connectivity index (χ0) is 105. The highest BCUT2D eigenvalue weighted by Gasteiger charge is 2.43. The van der Waals surface area contributed by atoms with Gasteiger partial charge in [0.05, 0.1) is 12.1 Å². The number of hydrogen-bond acceptors (Lipinski definition) is 22. The SMILES string of the molecule is CC(C)C(C(N)=O)N(CCCC(=O)N(CCCC(=O)N(CCSSC(C)(C)C)C(C(=O)NC(C)(C)C)C(C)C)C(C(=O)NCCCC(=O)N(CCSSC(C)(C)C)C(C(=O)CC(C)(C)C)C(C)C)C(C)C)C(=O)CCCC(=O)N(CCCC(=O)N(CCSSC(C)(C)C)C(C(=O)CC(C)(C)C)C(C)C)C(C(=O)NCCCC(=O)N(CCSSC(C)(C)C)C(C(=O)NC(C)(C)C)C(C)C)C(C)C. The molecule has 0 aliphatic rings. The molecule has 0 rings (SSSR count). The largest absolute Gasteiger partial charge is 0.368 e. The predicted molar refractivity (Wildman–Crippen MR) is 581 cm³/mol. The third kappa shape index (κ3) is 55.0. The Morgan fingerprint density at radius 3 is 0.640 bits per heavy atom. The smallest absolute Gasteiger partial charge is 0.243 e. The summed E-state index contributed by atoms with van der Waals surface area (Å²) in [4.78, 5) is 217. The van der Waals surface area contributed by atoms with E-state index in [-0.39, 0.29) is 236 Å². The van der Waals surface area contributed by atoms with Gasteiger partial charge in [0.2, 0.25) is 70.9 Å². The van der Waals surface area contributed by atoms with Crippen LogP contribution in [-0.4, -0.2) is 271 Å². The molecule has 0 saturated carbocycles. The van der Waals surface area contributed by atoms with Gasteiger partial charge in [0.15, 0.2) is 11.6 Å². The van der Waals surface area contributed by atoms with Crippen LogP contribution in [0.4, 0.5) is 0 Å². The van der Waals surface area contributed by atoms with Crippen molar-refractivity contribution in [1.82, 2.24) is 55.6 Å². The predicted octanol–water partition coefficient (Wildman–Crippen LogP) is 19.3. The van der Waals surface area contributed by atoms with Crippen LogP contribution in [-0.2, 0) is 67.1 Å². The van der Waals surface area contributed by atoms with Gasteiger partial charge in [-0.3, -0.25) is 67.1 Å². The molecule has 0 aliphatic carbocycles. The minimum atomic E-state index is -1.18. The number of nitrogens with two attached hydrogens (primary N) is 1. The molecule has 0 saturated heterocycles. The van der Waals surface area contributed by atoms with Gasteiger partial charge in [-0.2, -0.15) is 0 Å². The van der Waals surface area contributed by atoms with Gasteiger partial charge in [-0.05, 0) is 132 Å². The van der Waals surface area contributed by atoms with Gasteiger partial charge in [-0.1, -0.05) is 308 Å². The lowest BCUT2D eigenvalue weighted by Crippen LogP contribution is -2.56. The first-order chi connectivity index (χ1) is 62.1. The molecule has 12 amide bonds. The number of hydrogen-bond donors (Lipinski definition) is 5. The Bertz CT molecular complexity index is 3720. The first-order valence-corrected chi connectivity index (χ1v) is 59.2. The van der Waals surface area contributed by atoms with Gasteiger partial charge in [0, 0.05) is 170 Å². The summed E-state index contributed by atoms with van der Waals surface area (Å²) in [6.45, 7) is 75.8. The number of carbonyl (C=O) groups excluding carboxylic acids is 14. The lowest BCUT2D eigenvalue weighted by atomic mass is 9.84. The summed E-state index contributed by atoms with van der Waals surface area (Å²) in [5, 5.41) is 12.3. The molecule has 0 fully saturated rings. The minimum Gasteiger partial charge on any atom is -0.368 e. The summed E-state index contributed by atoms with van der Waals surface area (Å²) in [7, 11) is 13.3. The molecule has 0 aromatic carbocycles. The topological polar surface area (TPSA) is 336 Å². The van der Waals surface area contributed by atoms with Crippen molar-refractivity contribution in [2.45, 2.75) is 432 Å². The highest BCUT2D eigenvalue weighted by atomic mass is 33.1. The standard InChI is InChI=1S/C102H190N12O14S8/c1-67(2)83(74(115)65-95(15,16)17)111(57-61-129-133-99(27,28)29)78(119)47-40-52-104-92(126)87(71(9)10)110(56-44-51-82(123)114(60-64-132-136-102(36,37)38)89(73(13)14)94(128)107-98(24,25)26)80(121)49-42-54-108(85(69(5)6)90(103)124)76(117)45-39-46-77(118)109(55-43-50-81(122)112(58-62-130-134-100(30,31)32)84(68(3)4)75(116)66-96(18,19)20)86(70(7)8)91(125)105-53-41-48-79(120)113(59-63-131-135-101(33,34)35)88(72(11)12)93(127)106-97(21,22)23/h67-73,83-89H,39-66H2,1-38H3,(H2,103,124)(H,104,126)(H,105,125)(H,106,127)(H,107,128). The Morgan fingerprint density at radius 2 is 0.441 bits per heavy atom. The molecule has 0 heterocycles. The molecule has 34 heteroatoms. The molecule has 26 nitrogen and oxygen atoms in total. The third-order valence-corrected chi connectivity index (χ3v) is 34.5. The summed E-state index contributed by atoms with van der Waals surface area (Å²) in [5.74, 6) is -5.24. The summed E-state index contributed by atoms with van der Waals surface area (Å²) >= 11 is 0. The van der Waals surface area contributed by atoms with E-state index in [9.17, 15) is 43.2 Å². The molecule has 0 aliphatic heterocycles. The maximum absolute atomic E-state index is 15.5. The van der Waals surface area contributed by atoms with Crippen LogP contribution in [0.1, 0.15) is 359 Å². The molecular formula is C102H190N12O14S8. The number of carbonyl (C=O) groups is 14. The maximum atomic E-state index is 15.5. The quantitative estimate of drug-likeness (QED) is 0.0279. The van der Waals surface area contributed by atoms with E-state index in [1.165, 1.54) is 14.7 Å². The van der Waals surface area contributed by atoms with E-state index in [0.717, 1.165) is 0 Å². The van der Waals surface area contributed by atoms with Crippen molar-refractivity contribution in [2.24, 2.45) is 58.0 Å². The van der Waals surface area contributed by atoms with E-state index in [4.69, 9.17) is 5.73 Å². The van der Waals surface area contributed by atoms with Crippen LogP contribution < -0.4 is 27.0 Å². The van der Waals surface area contributed by atoms with Gasteiger partial charge in [-0.15, -0.1) is 0 Å². The zero-order valence-corrected chi connectivity index (χ0v) is 98.1. The van der Waals surface area contributed by atoms with E-state index >= 15 is 24.0 Å². The molecule has 0 bridgehead atoms. The van der Waals surface area contributed by atoms with E-state index in [2.05, 4.69) is 104 Å². The highest BCUT2D eigenvalue weighted by Crippen LogP contribution is 2.40. The van der Waals surface area contributed by atoms with Crippen molar-refractivity contribution in [3.63, 3.8) is 0 Å². The lowest BCUT2D eigenvalue weighted by molar-refractivity contribution is -0.145. The molecular weight excluding hydrogens is 1870 g/mol. The first kappa shape index (κ1) is 132. The van der Waals surface area contributed by atoms with Gasteiger partial charge in [0.25, 0.3) is 0 Å². The average Bonchev–Trinajstić information content (AvgIpc) is 0.814. The van der Waals surface area contributed by atoms with Crippen LogP contribution in [0.25, 0.3) is 0 Å². The average molecular weight is 2070 g/mol. The van der Waals surface area contributed by atoms with Crippen LogP contribution in [0.2, 0.25) is 0 Å². The Balaban J connectivity index is 8.21. The monoisotopic (exact) mass is 2060 g/mol. The molecule has 0 spiro atoms. The number of amides is 12. The lowest BCUT2D eigenvalue weighted by Gasteiger charge is -2.37. The van der Waals surface area contributed by atoms with Crippen LogP contribution in [0.3, 0.4) is 0 Å². The maximum Gasteiger partial charge on any atom is 0.243 e. The van der Waals surface area contributed by atoms with Crippen molar-refractivity contribution in [3.05, 3.63) is 0 Å². The van der Waals surface area contributed by atoms with Crippen molar-refractivity contribution >= 4 is 169 Å². The molecule has 0 aromatic rings. The second-order valence-corrected chi connectivity index (χ2v) is 60.2. The summed E-state index contributed by atoms with van der Waals surface area (Å²) in [6.07, 6.45) is 0.0936. The van der Waals surface area contributed by atoms with Crippen LogP contribution in [0.15, 0.2) is 0 Å². The molecule has 7 atom stereocenters. The fourth-order valence-corrected chi connectivity index (χ4v) is 25.0. The van der Waals surface area contributed by atoms with Crippen molar-refractivity contribution < 1.29 is 67.1 Å². The Kier molecular flexibility index (Phi) is 59.9. The van der Waals surface area contributed by atoms with E-state index in [1.807, 2.05) is 166 Å². The van der Waals surface area contributed by atoms with Gasteiger partial charge < -0.3 is 61.3 Å².